The van der Waals surface area contributed by atoms with Gasteiger partial charge in [-0.3, -0.25) is 0 Å². The van der Waals surface area contributed by atoms with Crippen molar-refractivity contribution in [1.82, 2.24) is 0 Å². The molecular formula is C9H14. The molecule has 1 saturated carbocycles. The molecule has 9 heavy (non-hydrogen) atoms. The molecule has 0 aromatic heterocycles. The molecule has 0 aromatic carbocycles. The molecule has 2 aliphatic carbocycles. The first kappa shape index (κ1) is 5.52. The second-order valence-electron chi connectivity index (χ2n) is 3.32. The maximum absolute atomic E-state index is 2.40. The molecule has 0 radical (unpaired) electrons. The minimum Gasteiger partial charge on any atom is -0.0807 e. The molecule has 2 aliphatic rings. The third kappa shape index (κ3) is 1.17. The van der Waals surface area contributed by atoms with Crippen LogP contribution >= 0.6 is 0 Å². The normalized spacial score (nSPS) is 27.8. The van der Waals surface area contributed by atoms with E-state index in [0.29, 0.717) is 0 Å². The van der Waals surface area contributed by atoms with Crippen LogP contribution in [0.4, 0.5) is 0 Å². The van der Waals surface area contributed by atoms with Gasteiger partial charge in [0.05, 0.1) is 0 Å². The monoisotopic (exact) mass is 122 g/mol. The fourth-order valence-electron chi connectivity index (χ4n) is 1.87. The van der Waals surface area contributed by atoms with Crippen molar-refractivity contribution in [2.75, 3.05) is 0 Å². The van der Waals surface area contributed by atoms with Crippen molar-refractivity contribution < 1.29 is 0 Å². The first-order valence-corrected chi connectivity index (χ1v) is 4.16. The van der Waals surface area contributed by atoms with Crippen LogP contribution in [0.25, 0.3) is 0 Å². The van der Waals surface area contributed by atoms with Gasteiger partial charge in [0.25, 0.3) is 0 Å². The van der Waals surface area contributed by atoms with Crippen LogP contribution in [0.1, 0.15) is 38.5 Å². The summed E-state index contributed by atoms with van der Waals surface area (Å²) in [6, 6.07) is 0. The fourth-order valence-corrected chi connectivity index (χ4v) is 1.87. The Hall–Kier alpha value is -0.260. The zero-order valence-corrected chi connectivity index (χ0v) is 5.90. The van der Waals surface area contributed by atoms with E-state index in [9.17, 15) is 0 Å². The third-order valence-electron chi connectivity index (χ3n) is 2.57. The predicted molar refractivity (Wildman–Crippen MR) is 39.3 cm³/mol. The van der Waals surface area contributed by atoms with Crippen LogP contribution in [0, 0.1) is 5.92 Å². The Bertz CT molecular complexity index is 127. The minimum atomic E-state index is 1.03. The van der Waals surface area contributed by atoms with Crippen molar-refractivity contribution in [2.24, 2.45) is 5.92 Å². The molecule has 0 nitrogen and oxygen atoms in total. The molecule has 0 bridgehead atoms. The lowest BCUT2D eigenvalue weighted by molar-refractivity contribution is 0.409. The second kappa shape index (κ2) is 2.17. The first-order valence-electron chi connectivity index (χ1n) is 4.16. The summed E-state index contributed by atoms with van der Waals surface area (Å²) in [6.07, 6.45) is 11.2. The van der Waals surface area contributed by atoms with Gasteiger partial charge in [-0.25, -0.2) is 0 Å². The van der Waals surface area contributed by atoms with Gasteiger partial charge in [0.2, 0.25) is 0 Å². The largest absolute Gasteiger partial charge is 0.0807 e. The average Bonchev–Trinajstić information content (AvgIpc) is 2.71. The summed E-state index contributed by atoms with van der Waals surface area (Å²) >= 11 is 0. The van der Waals surface area contributed by atoms with E-state index >= 15 is 0 Å². The van der Waals surface area contributed by atoms with Crippen molar-refractivity contribution in [3.8, 4) is 0 Å². The minimum absolute atomic E-state index is 1.03. The highest BCUT2D eigenvalue weighted by Gasteiger charge is 2.21. The van der Waals surface area contributed by atoms with E-state index < -0.39 is 0 Å². The van der Waals surface area contributed by atoms with Crippen LogP contribution in [0.2, 0.25) is 0 Å². The number of hydrogen-bond acceptors (Lipinski definition) is 0. The fraction of sp³-hybridized carbons (Fsp3) is 0.778. The van der Waals surface area contributed by atoms with Gasteiger partial charge in [-0.1, -0.05) is 30.9 Å². The number of hydrogen-bond donors (Lipinski definition) is 0. The standard InChI is InChI=1S/C9H14/c1-2-4-8(5-3-1)9-6-7-9/h6,8H,1-5,7H2. The molecule has 50 valence electrons. The Balaban J connectivity index is 1.87. The van der Waals surface area contributed by atoms with E-state index in [-0.39, 0.29) is 0 Å². The van der Waals surface area contributed by atoms with Gasteiger partial charge in [0.1, 0.15) is 0 Å². The molecule has 0 saturated heterocycles. The molecule has 2 rings (SSSR count). The smallest absolute Gasteiger partial charge is 0.0133 e. The average molecular weight is 122 g/mol. The molecule has 0 amide bonds. The third-order valence-corrected chi connectivity index (χ3v) is 2.57. The molecule has 0 heterocycles. The maximum Gasteiger partial charge on any atom is -0.0133 e. The Morgan fingerprint density at radius 2 is 1.78 bits per heavy atom. The van der Waals surface area contributed by atoms with Gasteiger partial charge >= 0.3 is 0 Å². The van der Waals surface area contributed by atoms with Gasteiger partial charge < -0.3 is 0 Å². The van der Waals surface area contributed by atoms with Crippen molar-refractivity contribution in [1.29, 1.82) is 0 Å². The van der Waals surface area contributed by atoms with Crippen LogP contribution in [0.15, 0.2) is 11.6 Å². The number of allylic oxidation sites excluding steroid dienone is 2. The van der Waals surface area contributed by atoms with Crippen molar-refractivity contribution in [3.05, 3.63) is 11.6 Å². The van der Waals surface area contributed by atoms with Gasteiger partial charge in [-0.2, -0.15) is 0 Å². The molecule has 0 N–H and O–H groups in total. The van der Waals surface area contributed by atoms with Crippen LogP contribution in [-0.4, -0.2) is 0 Å². The van der Waals surface area contributed by atoms with Crippen LogP contribution in [0.5, 0.6) is 0 Å². The Morgan fingerprint density at radius 1 is 1.11 bits per heavy atom. The second-order valence-corrected chi connectivity index (χ2v) is 3.32. The van der Waals surface area contributed by atoms with Gasteiger partial charge in [0, 0.05) is 0 Å². The van der Waals surface area contributed by atoms with Crippen molar-refractivity contribution >= 4 is 0 Å². The summed E-state index contributed by atoms with van der Waals surface area (Å²) in [6.45, 7) is 0. The molecule has 0 atom stereocenters. The van der Waals surface area contributed by atoms with Crippen molar-refractivity contribution in [2.45, 2.75) is 38.5 Å². The molecule has 0 aromatic rings. The van der Waals surface area contributed by atoms with E-state index in [2.05, 4.69) is 6.08 Å². The van der Waals surface area contributed by atoms with Crippen LogP contribution in [0.3, 0.4) is 0 Å². The van der Waals surface area contributed by atoms with E-state index in [1.165, 1.54) is 38.5 Å². The van der Waals surface area contributed by atoms with Gasteiger partial charge in [-0.15, -0.1) is 0 Å². The lowest BCUT2D eigenvalue weighted by Crippen LogP contribution is -2.03. The summed E-state index contributed by atoms with van der Waals surface area (Å²) in [7, 11) is 0. The van der Waals surface area contributed by atoms with Gasteiger partial charge in [0.15, 0.2) is 0 Å². The SMILES string of the molecule is C1=C(C2CCCCC2)C1. The summed E-state index contributed by atoms with van der Waals surface area (Å²) in [5.41, 5.74) is 1.77. The molecule has 0 aliphatic heterocycles. The van der Waals surface area contributed by atoms with E-state index in [4.69, 9.17) is 0 Å². The quantitative estimate of drug-likeness (QED) is 0.469. The number of rotatable bonds is 1. The zero-order valence-electron chi connectivity index (χ0n) is 5.90. The Labute approximate surface area is 57.0 Å². The van der Waals surface area contributed by atoms with E-state index in [1.807, 2.05) is 0 Å². The lowest BCUT2D eigenvalue weighted by atomic mass is 9.87. The Morgan fingerprint density at radius 3 is 2.33 bits per heavy atom. The highest BCUT2D eigenvalue weighted by Crippen LogP contribution is 2.37. The summed E-state index contributed by atoms with van der Waals surface area (Å²) in [5.74, 6) is 1.03. The lowest BCUT2D eigenvalue weighted by Gasteiger charge is -2.18. The molecular weight excluding hydrogens is 108 g/mol. The van der Waals surface area contributed by atoms with Crippen molar-refractivity contribution in [3.63, 3.8) is 0 Å². The Kier molecular flexibility index (Phi) is 1.33. The van der Waals surface area contributed by atoms with E-state index in [0.717, 1.165) is 5.92 Å². The van der Waals surface area contributed by atoms with E-state index in [1.54, 1.807) is 5.57 Å². The highest BCUT2D eigenvalue weighted by molar-refractivity contribution is 5.24. The summed E-state index contributed by atoms with van der Waals surface area (Å²) in [5, 5.41) is 0. The highest BCUT2D eigenvalue weighted by atomic mass is 14.3. The first-order chi connectivity index (χ1) is 4.47. The maximum atomic E-state index is 2.40. The molecule has 0 unspecified atom stereocenters. The van der Waals surface area contributed by atoms with Crippen LogP contribution in [-0.2, 0) is 0 Å². The topological polar surface area (TPSA) is 0 Å². The molecule has 0 heteroatoms. The molecule has 1 fully saturated rings. The zero-order chi connectivity index (χ0) is 6.10. The van der Waals surface area contributed by atoms with Gasteiger partial charge in [-0.05, 0) is 25.2 Å². The molecule has 0 spiro atoms. The summed E-state index contributed by atoms with van der Waals surface area (Å²) in [4.78, 5) is 0. The summed E-state index contributed by atoms with van der Waals surface area (Å²) < 4.78 is 0. The van der Waals surface area contributed by atoms with Crippen LogP contribution < -0.4 is 0 Å². The predicted octanol–water partition coefficient (Wildman–Crippen LogP) is 2.90.